The summed E-state index contributed by atoms with van der Waals surface area (Å²) < 4.78 is 0. The largest absolute Gasteiger partial charge is 0.378 e. The normalized spacial score (nSPS) is 10.9. The molecule has 2 aromatic carbocycles. The highest BCUT2D eigenvalue weighted by atomic mass is 15.1. The van der Waals surface area contributed by atoms with Crippen molar-refractivity contribution in [3.05, 3.63) is 59.2 Å². The van der Waals surface area contributed by atoms with E-state index >= 15 is 0 Å². The monoisotopic (exact) mass is 252 g/mol. The summed E-state index contributed by atoms with van der Waals surface area (Å²) in [7, 11) is 4.08. The van der Waals surface area contributed by atoms with Gasteiger partial charge in [-0.25, -0.2) is 0 Å². The summed E-state index contributed by atoms with van der Waals surface area (Å²) in [6.07, 6.45) is 1.91. The van der Waals surface area contributed by atoms with Crippen molar-refractivity contribution in [3.63, 3.8) is 0 Å². The molecular formula is C17H20N2. The van der Waals surface area contributed by atoms with Gasteiger partial charge in [0.25, 0.3) is 0 Å². The van der Waals surface area contributed by atoms with Crippen molar-refractivity contribution >= 4 is 17.6 Å². The Labute approximate surface area is 115 Å². The minimum absolute atomic E-state index is 1.01. The Morgan fingerprint density at radius 1 is 0.895 bits per heavy atom. The molecular weight excluding hydrogens is 232 g/mol. The van der Waals surface area contributed by atoms with Gasteiger partial charge in [-0.15, -0.1) is 0 Å². The van der Waals surface area contributed by atoms with Crippen LogP contribution < -0.4 is 4.90 Å². The van der Waals surface area contributed by atoms with Gasteiger partial charge in [0.2, 0.25) is 0 Å². The van der Waals surface area contributed by atoms with Crippen LogP contribution in [-0.2, 0) is 0 Å². The highest BCUT2D eigenvalue weighted by Crippen LogP contribution is 2.17. The van der Waals surface area contributed by atoms with E-state index in [0.717, 1.165) is 11.3 Å². The van der Waals surface area contributed by atoms with Crippen molar-refractivity contribution in [2.75, 3.05) is 19.0 Å². The maximum atomic E-state index is 4.53. The second-order valence-corrected chi connectivity index (χ2v) is 5.09. The van der Waals surface area contributed by atoms with E-state index in [1.54, 1.807) is 0 Å². The van der Waals surface area contributed by atoms with E-state index in [-0.39, 0.29) is 0 Å². The highest BCUT2D eigenvalue weighted by molar-refractivity contribution is 5.82. The standard InChI is InChI=1S/C17H20N2/c1-13-9-14(2)11-16(10-13)18-12-15-5-7-17(8-6-15)19(3)4/h5-12H,1-4H3. The molecule has 0 aromatic heterocycles. The van der Waals surface area contributed by atoms with Gasteiger partial charge in [0.15, 0.2) is 0 Å². The lowest BCUT2D eigenvalue weighted by atomic mass is 10.1. The first kappa shape index (κ1) is 13.3. The van der Waals surface area contributed by atoms with Crippen molar-refractivity contribution in [2.45, 2.75) is 13.8 Å². The van der Waals surface area contributed by atoms with E-state index in [0.29, 0.717) is 0 Å². The number of anilines is 1. The Morgan fingerprint density at radius 2 is 1.47 bits per heavy atom. The van der Waals surface area contributed by atoms with E-state index < -0.39 is 0 Å². The molecule has 0 bridgehead atoms. The number of rotatable bonds is 3. The van der Waals surface area contributed by atoms with Gasteiger partial charge in [0.1, 0.15) is 0 Å². The third kappa shape index (κ3) is 3.68. The molecule has 19 heavy (non-hydrogen) atoms. The number of aryl methyl sites for hydroxylation is 2. The van der Waals surface area contributed by atoms with Crippen LogP contribution in [0.1, 0.15) is 16.7 Å². The number of benzene rings is 2. The van der Waals surface area contributed by atoms with Crippen LogP contribution in [0.3, 0.4) is 0 Å². The van der Waals surface area contributed by atoms with Gasteiger partial charge < -0.3 is 4.90 Å². The van der Waals surface area contributed by atoms with Gasteiger partial charge in [-0.3, -0.25) is 4.99 Å². The molecule has 0 spiro atoms. The first-order chi connectivity index (χ1) is 9.04. The Kier molecular flexibility index (Phi) is 4.00. The average molecular weight is 252 g/mol. The molecule has 0 N–H and O–H groups in total. The molecule has 2 rings (SSSR count). The zero-order valence-corrected chi connectivity index (χ0v) is 12.0. The van der Waals surface area contributed by atoms with E-state index in [9.17, 15) is 0 Å². The van der Waals surface area contributed by atoms with Crippen LogP contribution in [0.15, 0.2) is 47.5 Å². The van der Waals surface area contributed by atoms with Gasteiger partial charge in [0, 0.05) is 26.0 Å². The predicted molar refractivity (Wildman–Crippen MR) is 83.9 cm³/mol. The van der Waals surface area contributed by atoms with Crippen LogP contribution in [0.4, 0.5) is 11.4 Å². The van der Waals surface area contributed by atoms with Crippen LogP contribution in [0.25, 0.3) is 0 Å². The maximum absolute atomic E-state index is 4.53. The second kappa shape index (κ2) is 5.70. The lowest BCUT2D eigenvalue weighted by Crippen LogP contribution is -2.08. The predicted octanol–water partition coefficient (Wildman–Crippen LogP) is 4.12. The zero-order chi connectivity index (χ0) is 13.8. The summed E-state index contributed by atoms with van der Waals surface area (Å²) in [6, 6.07) is 14.7. The fourth-order valence-corrected chi connectivity index (χ4v) is 2.03. The van der Waals surface area contributed by atoms with Gasteiger partial charge >= 0.3 is 0 Å². The lowest BCUT2D eigenvalue weighted by molar-refractivity contribution is 1.13. The molecule has 0 radical (unpaired) electrons. The highest BCUT2D eigenvalue weighted by Gasteiger charge is 1.95. The van der Waals surface area contributed by atoms with Gasteiger partial charge in [-0.05, 0) is 54.8 Å². The Balaban J connectivity index is 2.17. The van der Waals surface area contributed by atoms with Gasteiger partial charge in [-0.2, -0.15) is 0 Å². The smallest absolute Gasteiger partial charge is 0.0635 e. The first-order valence-corrected chi connectivity index (χ1v) is 6.44. The molecule has 2 nitrogen and oxygen atoms in total. The minimum atomic E-state index is 1.01. The molecule has 0 unspecified atom stereocenters. The molecule has 0 saturated carbocycles. The first-order valence-electron chi connectivity index (χ1n) is 6.44. The second-order valence-electron chi connectivity index (χ2n) is 5.09. The summed E-state index contributed by atoms with van der Waals surface area (Å²) in [5.41, 5.74) is 5.81. The molecule has 0 heterocycles. The quantitative estimate of drug-likeness (QED) is 0.750. The molecule has 98 valence electrons. The topological polar surface area (TPSA) is 15.6 Å². The minimum Gasteiger partial charge on any atom is -0.378 e. The summed E-state index contributed by atoms with van der Waals surface area (Å²) in [4.78, 5) is 6.62. The fraction of sp³-hybridized carbons (Fsp3) is 0.235. The Hall–Kier alpha value is -2.09. The van der Waals surface area contributed by atoms with Crippen LogP contribution in [0.5, 0.6) is 0 Å². The van der Waals surface area contributed by atoms with Crippen molar-refractivity contribution in [2.24, 2.45) is 4.99 Å². The molecule has 0 amide bonds. The molecule has 0 fully saturated rings. The summed E-state index contributed by atoms with van der Waals surface area (Å²) >= 11 is 0. The summed E-state index contributed by atoms with van der Waals surface area (Å²) in [5.74, 6) is 0. The molecule has 0 aliphatic carbocycles. The van der Waals surface area contributed by atoms with Crippen LogP contribution >= 0.6 is 0 Å². The van der Waals surface area contributed by atoms with Crippen LogP contribution in [0.2, 0.25) is 0 Å². The fourth-order valence-electron chi connectivity index (χ4n) is 2.03. The molecule has 2 aromatic rings. The SMILES string of the molecule is Cc1cc(C)cc(N=Cc2ccc(N(C)C)cc2)c1. The van der Waals surface area contributed by atoms with Crippen LogP contribution in [-0.4, -0.2) is 20.3 Å². The molecule has 0 aliphatic heterocycles. The Bertz CT molecular complexity index is 560. The molecule has 0 atom stereocenters. The summed E-state index contributed by atoms with van der Waals surface area (Å²) in [5, 5.41) is 0. The third-order valence-electron chi connectivity index (χ3n) is 2.98. The number of hydrogen-bond donors (Lipinski definition) is 0. The Morgan fingerprint density at radius 3 is 2.00 bits per heavy atom. The van der Waals surface area contributed by atoms with E-state index in [1.165, 1.54) is 16.8 Å². The zero-order valence-electron chi connectivity index (χ0n) is 12.0. The molecule has 0 saturated heterocycles. The maximum Gasteiger partial charge on any atom is 0.0635 e. The van der Waals surface area contributed by atoms with E-state index in [1.807, 2.05) is 20.3 Å². The van der Waals surface area contributed by atoms with E-state index in [4.69, 9.17) is 0 Å². The molecule has 2 heteroatoms. The summed E-state index contributed by atoms with van der Waals surface area (Å²) in [6.45, 7) is 4.19. The van der Waals surface area contributed by atoms with Crippen molar-refractivity contribution in [1.29, 1.82) is 0 Å². The van der Waals surface area contributed by atoms with Crippen LogP contribution in [0, 0.1) is 13.8 Å². The van der Waals surface area contributed by atoms with Crippen molar-refractivity contribution < 1.29 is 0 Å². The number of hydrogen-bond acceptors (Lipinski definition) is 2. The lowest BCUT2D eigenvalue weighted by Gasteiger charge is -2.11. The van der Waals surface area contributed by atoms with E-state index in [2.05, 4.69) is 66.2 Å². The van der Waals surface area contributed by atoms with Gasteiger partial charge in [0.05, 0.1) is 5.69 Å². The number of nitrogens with zero attached hydrogens (tertiary/aromatic N) is 2. The average Bonchev–Trinajstić information content (AvgIpc) is 2.36. The number of aliphatic imine (C=N–C) groups is 1. The molecule has 0 aliphatic rings. The van der Waals surface area contributed by atoms with Crippen molar-refractivity contribution in [3.8, 4) is 0 Å². The van der Waals surface area contributed by atoms with Gasteiger partial charge in [-0.1, -0.05) is 18.2 Å². The van der Waals surface area contributed by atoms with Crippen molar-refractivity contribution in [1.82, 2.24) is 0 Å². The third-order valence-corrected chi connectivity index (χ3v) is 2.98.